The van der Waals surface area contributed by atoms with Gasteiger partial charge >= 0.3 is 5.97 Å². The summed E-state index contributed by atoms with van der Waals surface area (Å²) in [6.07, 6.45) is 3.71. The summed E-state index contributed by atoms with van der Waals surface area (Å²) in [5, 5.41) is 5.27. The number of ether oxygens (including phenoxy) is 1. The molecule has 0 spiro atoms. The van der Waals surface area contributed by atoms with E-state index in [2.05, 4.69) is 14.8 Å². The zero-order valence-corrected chi connectivity index (χ0v) is 15.8. The van der Waals surface area contributed by atoms with Crippen LogP contribution in [0.5, 0.6) is 0 Å². The minimum Gasteiger partial charge on any atom is -0.760 e. The van der Waals surface area contributed by atoms with Crippen LogP contribution in [0.2, 0.25) is 0 Å². The Kier molecular flexibility index (Phi) is 5.94. The lowest BCUT2D eigenvalue weighted by atomic mass is 10.1. The normalized spacial score (nSPS) is 12.4. The number of carbonyl (C=O) groups is 1. The molecular weight excluding hydrogens is 368 g/mol. The maximum atomic E-state index is 11.6. The van der Waals surface area contributed by atoms with Crippen LogP contribution in [-0.4, -0.2) is 47.5 Å². The van der Waals surface area contributed by atoms with E-state index >= 15 is 0 Å². The summed E-state index contributed by atoms with van der Waals surface area (Å²) < 4.78 is 31.0. The van der Waals surface area contributed by atoms with Crippen LogP contribution < -0.4 is 0 Å². The molecule has 0 bridgehead atoms. The molecule has 1 atom stereocenters. The molecule has 2 aromatic heterocycles. The molecule has 1 unspecified atom stereocenters. The fourth-order valence-corrected chi connectivity index (χ4v) is 3.39. The molecule has 0 aliphatic carbocycles. The molecule has 2 heterocycles. The summed E-state index contributed by atoms with van der Waals surface area (Å²) >= 11 is -2.39. The van der Waals surface area contributed by atoms with Gasteiger partial charge in [-0.1, -0.05) is 18.2 Å². The molecule has 0 N–H and O–H groups in total. The van der Waals surface area contributed by atoms with Gasteiger partial charge in [0.1, 0.15) is 0 Å². The number of esters is 1. The maximum absolute atomic E-state index is 11.6. The average molecular weight is 387 g/mol. The van der Waals surface area contributed by atoms with E-state index in [0.717, 1.165) is 16.5 Å². The van der Waals surface area contributed by atoms with Crippen molar-refractivity contribution >= 4 is 28.1 Å². The molecule has 9 heteroatoms. The highest BCUT2D eigenvalue weighted by atomic mass is 32.2. The van der Waals surface area contributed by atoms with Crippen LogP contribution in [0.3, 0.4) is 0 Å². The third kappa shape index (κ3) is 4.38. The highest BCUT2D eigenvalue weighted by molar-refractivity contribution is 7.76. The van der Waals surface area contributed by atoms with E-state index < -0.39 is 17.2 Å². The lowest BCUT2D eigenvalue weighted by Gasteiger charge is -2.24. The zero-order chi connectivity index (χ0) is 19.4. The van der Waals surface area contributed by atoms with E-state index in [4.69, 9.17) is 0 Å². The van der Waals surface area contributed by atoms with Crippen LogP contribution in [0, 0.1) is 0 Å². The number of hydrogen-bond acceptors (Lipinski definition) is 6. The highest BCUT2D eigenvalue weighted by Crippen LogP contribution is 2.19. The van der Waals surface area contributed by atoms with E-state index in [1.807, 2.05) is 25.2 Å². The van der Waals surface area contributed by atoms with Crippen LogP contribution in [-0.2, 0) is 36.0 Å². The van der Waals surface area contributed by atoms with Crippen LogP contribution in [0.15, 0.2) is 42.7 Å². The predicted molar refractivity (Wildman–Crippen MR) is 99.3 cm³/mol. The molecule has 0 fully saturated rings. The van der Waals surface area contributed by atoms with E-state index in [0.29, 0.717) is 24.2 Å². The van der Waals surface area contributed by atoms with E-state index in [1.54, 1.807) is 23.0 Å². The van der Waals surface area contributed by atoms with Crippen molar-refractivity contribution in [3.05, 3.63) is 59.5 Å². The van der Waals surface area contributed by atoms with Gasteiger partial charge in [0.15, 0.2) is 0 Å². The molecule has 27 heavy (non-hydrogen) atoms. The van der Waals surface area contributed by atoms with Crippen LogP contribution >= 0.6 is 0 Å². The Bertz CT molecular complexity index is 971. The van der Waals surface area contributed by atoms with Crippen LogP contribution in [0.1, 0.15) is 21.6 Å². The first-order chi connectivity index (χ1) is 13.0. The number of nitrogens with zero attached hydrogens (tertiary/aromatic N) is 4. The number of methoxy groups -OCH3 is 1. The second kappa shape index (κ2) is 8.38. The molecule has 8 nitrogen and oxygen atoms in total. The lowest BCUT2D eigenvalue weighted by Crippen LogP contribution is -2.28. The van der Waals surface area contributed by atoms with Gasteiger partial charge in [-0.15, -0.1) is 0 Å². The van der Waals surface area contributed by atoms with Crippen molar-refractivity contribution in [1.82, 2.24) is 19.1 Å². The molecule has 3 rings (SSSR count). The Labute approximate surface area is 159 Å². The molecule has 142 valence electrons. The quantitative estimate of drug-likeness (QED) is 0.451. The van der Waals surface area contributed by atoms with Gasteiger partial charge in [-0.2, -0.15) is 5.10 Å². The second-order valence-corrected chi connectivity index (χ2v) is 6.93. The number of para-hydroxylation sites is 1. The lowest BCUT2D eigenvalue weighted by molar-refractivity contribution is 0.0600. The molecule has 0 saturated carbocycles. The molecule has 0 radical (unpaired) electrons. The van der Waals surface area contributed by atoms with Crippen LogP contribution in [0.4, 0.5) is 0 Å². The Hall–Kier alpha value is -2.62. The zero-order valence-electron chi connectivity index (χ0n) is 15.0. The number of pyridine rings is 1. The fraction of sp³-hybridized carbons (Fsp3) is 0.278. The van der Waals surface area contributed by atoms with E-state index in [1.165, 1.54) is 17.6 Å². The number of rotatable bonds is 7. The Balaban J connectivity index is 1.72. The number of carbonyl (C=O) groups excluding carboxylic acids is 1. The van der Waals surface area contributed by atoms with Gasteiger partial charge in [0.05, 0.1) is 36.6 Å². The third-order valence-electron chi connectivity index (χ3n) is 4.27. The first-order valence-electron chi connectivity index (χ1n) is 8.26. The Morgan fingerprint density at radius 2 is 2.11 bits per heavy atom. The SMILES string of the molecule is COC(=O)c1ccc(CN(CCc2cccc3cnn(C)c23)S(=O)[O-])nc1. The monoisotopic (exact) mass is 387 g/mol. The van der Waals surface area contributed by atoms with Gasteiger partial charge in [0, 0.05) is 36.4 Å². The molecule has 0 saturated heterocycles. The number of aromatic nitrogens is 3. The van der Waals surface area contributed by atoms with Crippen molar-refractivity contribution in [2.24, 2.45) is 7.05 Å². The second-order valence-electron chi connectivity index (χ2n) is 5.98. The van der Waals surface area contributed by atoms with E-state index in [9.17, 15) is 13.6 Å². The number of hydrogen-bond donors (Lipinski definition) is 0. The maximum Gasteiger partial charge on any atom is 0.339 e. The molecule has 0 amide bonds. The number of aryl methyl sites for hydroxylation is 1. The molecule has 0 aliphatic rings. The van der Waals surface area contributed by atoms with Crippen LogP contribution in [0.25, 0.3) is 10.9 Å². The summed E-state index contributed by atoms with van der Waals surface area (Å²) in [5.74, 6) is -0.484. The molecule has 1 aromatic carbocycles. The van der Waals surface area contributed by atoms with Crippen molar-refractivity contribution < 1.29 is 18.3 Å². The number of fused-ring (bicyclic) bond motifs is 1. The number of benzene rings is 1. The summed E-state index contributed by atoms with van der Waals surface area (Å²) in [7, 11) is 3.16. The smallest absolute Gasteiger partial charge is 0.339 e. The standard InChI is InChI=1S/C18H20N4O4S/c1-21-17-13(4-3-5-14(17)11-20-21)8-9-22(27(24)25)12-16-7-6-15(10-19-16)18(23)26-2/h3-7,10-11H,8-9,12H2,1-2H3,(H,24,25)/p-1. The summed E-state index contributed by atoms with van der Waals surface area (Å²) in [6.45, 7) is 0.430. The van der Waals surface area contributed by atoms with Gasteiger partial charge in [-0.3, -0.25) is 13.9 Å². The fourth-order valence-electron chi connectivity index (χ4n) is 2.91. The van der Waals surface area contributed by atoms with Gasteiger partial charge in [0.2, 0.25) is 0 Å². The first kappa shape index (κ1) is 19.2. The minimum absolute atomic E-state index is 0.124. The Morgan fingerprint density at radius 1 is 1.30 bits per heavy atom. The van der Waals surface area contributed by atoms with Crippen molar-refractivity contribution in [2.45, 2.75) is 13.0 Å². The van der Waals surface area contributed by atoms with Crippen molar-refractivity contribution in [3.8, 4) is 0 Å². The van der Waals surface area contributed by atoms with Crippen molar-refractivity contribution in [3.63, 3.8) is 0 Å². The molecular formula is C18H19N4O4S-. The molecule has 3 aromatic rings. The third-order valence-corrected chi connectivity index (χ3v) is 5.00. The van der Waals surface area contributed by atoms with Gasteiger partial charge < -0.3 is 9.29 Å². The molecule has 0 aliphatic heterocycles. The topological polar surface area (TPSA) is 100 Å². The largest absolute Gasteiger partial charge is 0.760 e. The van der Waals surface area contributed by atoms with Gasteiger partial charge in [0.25, 0.3) is 0 Å². The van der Waals surface area contributed by atoms with Gasteiger partial charge in [-0.05, 0) is 24.1 Å². The van der Waals surface area contributed by atoms with E-state index in [-0.39, 0.29) is 6.54 Å². The summed E-state index contributed by atoms with van der Waals surface area (Å²) in [6, 6.07) is 9.07. The highest BCUT2D eigenvalue weighted by Gasteiger charge is 2.12. The predicted octanol–water partition coefficient (Wildman–Crippen LogP) is 1.59. The van der Waals surface area contributed by atoms with Gasteiger partial charge in [-0.25, -0.2) is 9.10 Å². The first-order valence-corrected chi connectivity index (χ1v) is 9.30. The van der Waals surface area contributed by atoms with Crippen molar-refractivity contribution in [2.75, 3.05) is 13.7 Å². The summed E-state index contributed by atoms with van der Waals surface area (Å²) in [5.41, 5.74) is 2.89. The minimum atomic E-state index is -2.39. The summed E-state index contributed by atoms with van der Waals surface area (Å²) in [4.78, 5) is 15.6. The average Bonchev–Trinajstić information content (AvgIpc) is 3.06. The van der Waals surface area contributed by atoms with Crippen molar-refractivity contribution in [1.29, 1.82) is 0 Å². The Morgan fingerprint density at radius 3 is 2.78 bits per heavy atom.